The van der Waals surface area contributed by atoms with E-state index in [2.05, 4.69) is 257 Å². The summed E-state index contributed by atoms with van der Waals surface area (Å²) in [5.41, 5.74) is 7.33. The molecule has 0 unspecified atom stereocenters. The SMILES string of the molecule is [2H]Cc1ccc2c(c1)c1ccccc1c1cccnc12.[2H]Cc1ccc2c3ccccc3c3ccccc3c2c1.[2H]Cc1ccc2c3ccccc3c3ncccc3c2c1.[2H]Cc1ccc2c3ccncc3c3ccccc3c2c1.[2H]Cc1ccc2c3cnccc3c3ccccc3c2c1.[2H][2H].[2H][2H].[2H][2H].[2H][2H].[2H][2H].[2H][2H].[2H][2H].[2H][2H].[2H][2H].[2H][2H].[2H][2H]. The van der Waals surface area contributed by atoms with Crippen LogP contribution in [0.1, 0.15) is 67.3 Å². The van der Waals surface area contributed by atoms with E-state index in [9.17, 15) is 0 Å². The number of hydrogen-bond acceptors (Lipinski definition) is 4. The van der Waals surface area contributed by atoms with Gasteiger partial charge in [-0.2, -0.15) is 0 Å². The number of fused-ring (bicyclic) bond motifs is 30. The number of nitrogens with zero attached hydrogens (tertiary/aromatic N) is 4. The number of benzene rings is 16. The van der Waals surface area contributed by atoms with Gasteiger partial charge >= 0.3 is 0 Å². The van der Waals surface area contributed by atoms with Gasteiger partial charge in [0.25, 0.3) is 0 Å². The van der Waals surface area contributed by atoms with Crippen molar-refractivity contribution in [3.8, 4) is 0 Å². The molecule has 4 heterocycles. The second kappa shape index (κ2) is 24.6. The lowest BCUT2D eigenvalue weighted by atomic mass is 9.93. The fourth-order valence-electron chi connectivity index (χ4n) is 14.3. The average molecular weight is 1260 g/mol. The monoisotopic (exact) mass is 1260 g/mol. The van der Waals surface area contributed by atoms with E-state index >= 15 is 0 Å². The van der Waals surface area contributed by atoms with Crippen molar-refractivity contribution in [2.75, 3.05) is 0 Å². The second-order valence-corrected chi connectivity index (χ2v) is 24.3. The summed E-state index contributed by atoms with van der Waals surface area (Å²) in [5, 5.41) is 34.4. The third kappa shape index (κ3) is 10.6. The molecule has 20 aromatic rings. The van der Waals surface area contributed by atoms with E-state index in [-0.39, 0.29) is 0 Å². The van der Waals surface area contributed by atoms with Crippen molar-refractivity contribution in [1.82, 2.24) is 19.9 Å². The summed E-state index contributed by atoms with van der Waals surface area (Å²) in [4.78, 5) is 17.7. The fraction of sp³-hybridized carbons (Fsp3) is 0.0549. The zero-order valence-corrected chi connectivity index (χ0v) is 52.3. The van der Waals surface area contributed by atoms with E-state index in [1.165, 1.54) is 140 Å². The average Bonchev–Trinajstić information content (AvgIpc) is 0.775. The van der Waals surface area contributed by atoms with Crippen molar-refractivity contribution >= 4 is 162 Å². The minimum Gasteiger partial charge on any atom is -0.264 e. The molecule has 0 fully saturated rings. The topological polar surface area (TPSA) is 51.6 Å². The zero-order chi connectivity index (χ0) is 89.6. The molecule has 0 atom stereocenters. The summed E-state index contributed by atoms with van der Waals surface area (Å²) in [6, 6.07) is 94.7. The Hall–Kier alpha value is -12.0. The van der Waals surface area contributed by atoms with Gasteiger partial charge in [0.05, 0.1) is 11.0 Å². The Bertz CT molecular complexity index is 5520. The van der Waals surface area contributed by atoms with Gasteiger partial charge in [-0.1, -0.05) is 277 Å². The molecule has 4 nitrogen and oxygen atoms in total. The summed E-state index contributed by atoms with van der Waals surface area (Å²) < 4.78 is 148. The van der Waals surface area contributed by atoms with Gasteiger partial charge in [0.15, 0.2) is 0 Å². The first kappa shape index (κ1) is 43.0. The molecule has 0 aliphatic heterocycles. The van der Waals surface area contributed by atoms with Gasteiger partial charge < -0.3 is 0 Å². The molecule has 0 bridgehead atoms. The molecule has 0 saturated carbocycles. The molecule has 0 aliphatic rings. The highest BCUT2D eigenvalue weighted by molar-refractivity contribution is 6.29. The molecule has 0 N–H and O–H groups in total. The van der Waals surface area contributed by atoms with Crippen LogP contribution in [0.2, 0.25) is 0 Å². The Morgan fingerprint density at radius 3 is 0.716 bits per heavy atom. The molecule has 0 spiro atoms. The maximum Gasteiger partial charge on any atom is 0.0786 e. The summed E-state index contributed by atoms with van der Waals surface area (Å²) in [5.74, 6) is 0. The molecule has 4 aromatic heterocycles. The van der Waals surface area contributed by atoms with Crippen LogP contribution in [0.25, 0.3) is 162 Å². The van der Waals surface area contributed by atoms with Crippen LogP contribution in [0.15, 0.2) is 310 Å². The first-order chi connectivity index (χ1) is 60.4. The quantitative estimate of drug-likeness (QED) is 0.142. The van der Waals surface area contributed by atoms with E-state index in [0.717, 1.165) is 49.6 Å². The molecule has 0 radical (unpaired) electrons. The molecular weight excluding hydrogens is 1150 g/mol. The lowest BCUT2D eigenvalue weighted by molar-refractivity contribution is 1.37. The molecule has 472 valence electrons. The molecule has 0 saturated heterocycles. The van der Waals surface area contributed by atoms with Crippen molar-refractivity contribution in [1.29, 1.82) is 0 Å². The molecular formula is C91H88N4. The van der Waals surface area contributed by atoms with Crippen LogP contribution in [-0.4, -0.2) is 19.9 Å². The Morgan fingerprint density at radius 1 is 0.200 bits per heavy atom. The van der Waals surface area contributed by atoms with Crippen molar-refractivity contribution in [2.45, 2.75) is 34.5 Å². The molecule has 20 rings (SSSR count). The Labute approximate surface area is 592 Å². The van der Waals surface area contributed by atoms with Crippen molar-refractivity contribution < 1.29 is 39.5 Å². The van der Waals surface area contributed by atoms with E-state index in [1.807, 2.05) is 73.6 Å². The van der Waals surface area contributed by atoms with Crippen molar-refractivity contribution in [3.63, 3.8) is 0 Å². The highest BCUT2D eigenvalue weighted by atomic mass is 14.7. The van der Waals surface area contributed by atoms with E-state index in [1.54, 1.807) is 0 Å². The number of pyridine rings is 4. The van der Waals surface area contributed by atoms with Gasteiger partial charge in [0, 0.05) is 109 Å². The van der Waals surface area contributed by atoms with E-state index in [0.29, 0.717) is 34.5 Å². The third-order valence-corrected chi connectivity index (χ3v) is 18.5. The summed E-state index contributed by atoms with van der Waals surface area (Å²) in [7, 11) is 0. The predicted molar refractivity (Wildman–Crippen MR) is 433 cm³/mol. The summed E-state index contributed by atoms with van der Waals surface area (Å²) in [6.07, 6.45) is 11.2. The minimum atomic E-state index is 0.310. The van der Waals surface area contributed by atoms with Gasteiger partial charge in [-0.15, -0.1) is 0 Å². The highest BCUT2D eigenvalue weighted by Gasteiger charge is 2.14. The van der Waals surface area contributed by atoms with Crippen molar-refractivity contribution in [3.05, 3.63) is 338 Å². The lowest BCUT2D eigenvalue weighted by Crippen LogP contribution is -1.86. The normalized spacial score (nSPS) is 13.0. The molecule has 95 heavy (non-hydrogen) atoms. The second-order valence-electron chi connectivity index (χ2n) is 24.3. The van der Waals surface area contributed by atoms with Crippen LogP contribution in [0.5, 0.6) is 0 Å². The van der Waals surface area contributed by atoms with Crippen LogP contribution < -0.4 is 0 Å². The van der Waals surface area contributed by atoms with Gasteiger partial charge in [-0.05, 0) is 177 Å². The molecule has 0 amide bonds. The summed E-state index contributed by atoms with van der Waals surface area (Å²) in [6.45, 7) is 1.58. The van der Waals surface area contributed by atoms with Crippen LogP contribution in [-0.2, 0) is 0 Å². The Balaban J connectivity index is 0.000000256. The summed E-state index contributed by atoms with van der Waals surface area (Å²) >= 11 is 0. The van der Waals surface area contributed by atoms with Gasteiger partial charge in [-0.25, -0.2) is 0 Å². The first-order valence-corrected chi connectivity index (χ1v) is 31.9. The molecule has 16 aromatic carbocycles. The lowest BCUT2D eigenvalue weighted by Gasteiger charge is -2.10. The predicted octanol–water partition coefficient (Wildman–Crippen LogP) is 27.6. The standard InChI is InChI=1S/C19H14.4C18H13N.11H2/c1-13-10-11-18-16-8-3-2-6-14(16)15-7-4-5-9-17(15)19(18)12-13;1-12-8-9-14-13-5-2-3-6-15(13)18-16(17(14)11-12)7-4-10-19-18;1-12-8-9-16-17(11-12)14-6-3-2-5-13(14)15-7-4-10-19-18(15)16;1-12-6-7-15-16-8-9-19-11-18(16)14-5-3-2-4-13(14)17(15)10-12;1-12-6-7-15-17(10-12)14-5-3-2-4-13(14)16-8-9-19-11-18(15)16;;;;;;;;;;;/h2-12H,1H3;4*2-11H,1H3;11*1H/i5*1D;11*1+1D. The maximum atomic E-state index is 7.59. The number of aryl methyl sites for hydroxylation is 5. The Kier molecular flexibility index (Phi) is 11.1. The minimum absolute atomic E-state index is 0.310. The number of aromatic nitrogens is 4. The van der Waals surface area contributed by atoms with Crippen LogP contribution >= 0.6 is 0 Å². The number of rotatable bonds is 0. The van der Waals surface area contributed by atoms with Gasteiger partial charge in [0.1, 0.15) is 0 Å². The fourth-order valence-corrected chi connectivity index (χ4v) is 14.3. The third-order valence-electron chi connectivity index (χ3n) is 18.5. The van der Waals surface area contributed by atoms with Crippen LogP contribution in [0.3, 0.4) is 0 Å². The van der Waals surface area contributed by atoms with Crippen LogP contribution in [0, 0.1) is 34.5 Å². The van der Waals surface area contributed by atoms with Crippen LogP contribution in [0.4, 0.5) is 0 Å². The Morgan fingerprint density at radius 2 is 0.400 bits per heavy atom. The van der Waals surface area contributed by atoms with Crippen molar-refractivity contribution in [2.24, 2.45) is 0 Å². The highest BCUT2D eigenvalue weighted by Crippen LogP contribution is 2.40. The zero-order valence-electron chi connectivity index (χ0n) is 79.3. The maximum absolute atomic E-state index is 7.59. The largest absolute Gasteiger partial charge is 0.264 e. The molecule has 4 heteroatoms. The molecule has 0 aliphatic carbocycles. The first-order valence-electron chi connectivity index (χ1n) is 46.4. The van der Waals surface area contributed by atoms with E-state index in [4.69, 9.17) is 39.5 Å². The van der Waals surface area contributed by atoms with Gasteiger partial charge in [-0.3, -0.25) is 19.9 Å². The number of hydrogen-bond donors (Lipinski definition) is 0. The smallest absolute Gasteiger partial charge is 0.0786 e. The van der Waals surface area contributed by atoms with E-state index < -0.39 is 0 Å². The van der Waals surface area contributed by atoms with Gasteiger partial charge in [0.2, 0.25) is 0 Å².